The van der Waals surface area contributed by atoms with E-state index in [2.05, 4.69) is 34.1 Å². The maximum atomic E-state index is 12.4. The zero-order chi connectivity index (χ0) is 16.2. The molecule has 0 fully saturated rings. The zero-order valence-electron chi connectivity index (χ0n) is 13.3. The molecule has 2 N–H and O–H groups in total. The van der Waals surface area contributed by atoms with Gasteiger partial charge in [0.25, 0.3) is 5.91 Å². The van der Waals surface area contributed by atoms with Crippen LogP contribution < -0.4 is 5.32 Å². The van der Waals surface area contributed by atoms with Gasteiger partial charge in [0.1, 0.15) is 11.5 Å². The van der Waals surface area contributed by atoms with Crippen LogP contribution in [0.1, 0.15) is 42.6 Å². The van der Waals surface area contributed by atoms with Crippen molar-refractivity contribution in [2.24, 2.45) is 5.92 Å². The lowest BCUT2D eigenvalue weighted by molar-refractivity contribution is 0.0915. The van der Waals surface area contributed by atoms with Gasteiger partial charge in [-0.05, 0) is 30.2 Å². The number of carbonyl (C=O) groups is 1. The first kappa shape index (κ1) is 15.2. The molecule has 5 nitrogen and oxygen atoms in total. The van der Waals surface area contributed by atoms with Crippen LogP contribution in [0.5, 0.6) is 0 Å². The molecule has 0 aliphatic carbocycles. The predicted octanol–water partition coefficient (Wildman–Crippen LogP) is 3.48. The third-order valence-corrected chi connectivity index (χ3v) is 4.10. The molecule has 1 amide bonds. The Balaban J connectivity index is 1.90. The summed E-state index contributed by atoms with van der Waals surface area (Å²) in [5.74, 6) is 0.851. The van der Waals surface area contributed by atoms with Crippen LogP contribution in [-0.4, -0.2) is 20.9 Å². The average molecular weight is 308 g/mol. The maximum absolute atomic E-state index is 12.4. The highest BCUT2D eigenvalue weighted by Crippen LogP contribution is 2.24. The van der Waals surface area contributed by atoms with Crippen molar-refractivity contribution in [3.8, 4) is 0 Å². The van der Waals surface area contributed by atoms with Crippen molar-refractivity contribution in [3.05, 3.63) is 60.2 Å². The van der Waals surface area contributed by atoms with Gasteiger partial charge in [-0.25, -0.2) is 4.98 Å². The smallest absolute Gasteiger partial charge is 0.270 e. The molecule has 1 aromatic carbocycles. The second-order valence-electron chi connectivity index (χ2n) is 5.69. The van der Waals surface area contributed by atoms with E-state index in [9.17, 15) is 4.79 Å². The number of imidazole rings is 1. The molecule has 3 aromatic rings. The standard InChI is InChI=1S/C18H20N4O/c1-3-12(2)16(22-18(23)15-10-6-7-11-19-15)17-20-13-8-4-5-9-14(13)21-17/h4-12,16H,3H2,1-2H3,(H,20,21)(H,22,23)/t12-,16+/m0/s1. The Morgan fingerprint density at radius 2 is 2.00 bits per heavy atom. The van der Waals surface area contributed by atoms with Gasteiger partial charge in [0.05, 0.1) is 17.1 Å². The number of benzene rings is 1. The van der Waals surface area contributed by atoms with Gasteiger partial charge < -0.3 is 10.3 Å². The Morgan fingerprint density at radius 1 is 1.22 bits per heavy atom. The number of amides is 1. The van der Waals surface area contributed by atoms with Crippen LogP contribution in [0.25, 0.3) is 11.0 Å². The van der Waals surface area contributed by atoms with Gasteiger partial charge in [-0.1, -0.05) is 38.5 Å². The van der Waals surface area contributed by atoms with Crippen molar-refractivity contribution in [3.63, 3.8) is 0 Å². The van der Waals surface area contributed by atoms with Gasteiger partial charge in [-0.15, -0.1) is 0 Å². The molecule has 23 heavy (non-hydrogen) atoms. The Bertz CT molecular complexity index is 764. The number of pyridine rings is 1. The van der Waals surface area contributed by atoms with Crippen LogP contribution in [-0.2, 0) is 0 Å². The number of para-hydroxylation sites is 2. The number of hydrogen-bond acceptors (Lipinski definition) is 3. The van der Waals surface area contributed by atoms with Crippen molar-refractivity contribution in [1.29, 1.82) is 0 Å². The van der Waals surface area contributed by atoms with Crippen LogP contribution in [0.2, 0.25) is 0 Å². The number of nitrogens with zero attached hydrogens (tertiary/aromatic N) is 2. The van der Waals surface area contributed by atoms with Crippen molar-refractivity contribution >= 4 is 16.9 Å². The second-order valence-corrected chi connectivity index (χ2v) is 5.69. The van der Waals surface area contributed by atoms with Gasteiger partial charge in [0.15, 0.2) is 0 Å². The Kier molecular flexibility index (Phi) is 4.37. The summed E-state index contributed by atoms with van der Waals surface area (Å²) >= 11 is 0. The molecule has 118 valence electrons. The number of hydrogen-bond donors (Lipinski definition) is 2. The van der Waals surface area contributed by atoms with Gasteiger partial charge in [-0.2, -0.15) is 0 Å². The number of carbonyl (C=O) groups excluding carboxylic acids is 1. The lowest BCUT2D eigenvalue weighted by atomic mass is 9.98. The molecular formula is C18H20N4O. The van der Waals surface area contributed by atoms with Gasteiger partial charge >= 0.3 is 0 Å². The first-order chi connectivity index (χ1) is 11.2. The van der Waals surface area contributed by atoms with E-state index >= 15 is 0 Å². The van der Waals surface area contributed by atoms with E-state index in [1.165, 1.54) is 0 Å². The molecule has 0 saturated heterocycles. The first-order valence-electron chi connectivity index (χ1n) is 7.85. The molecule has 0 radical (unpaired) electrons. The van der Waals surface area contributed by atoms with Crippen LogP contribution in [0, 0.1) is 5.92 Å². The highest BCUT2D eigenvalue weighted by atomic mass is 16.1. The van der Waals surface area contributed by atoms with Crippen molar-refractivity contribution in [2.75, 3.05) is 0 Å². The highest BCUT2D eigenvalue weighted by molar-refractivity contribution is 5.92. The maximum Gasteiger partial charge on any atom is 0.270 e. The number of nitrogens with one attached hydrogen (secondary N) is 2. The van der Waals surface area contributed by atoms with E-state index in [-0.39, 0.29) is 17.9 Å². The minimum atomic E-state index is -0.184. The Hall–Kier alpha value is -2.69. The Labute approximate surface area is 135 Å². The van der Waals surface area contributed by atoms with Gasteiger partial charge in [0.2, 0.25) is 0 Å². The van der Waals surface area contributed by atoms with Crippen LogP contribution in [0.15, 0.2) is 48.7 Å². The minimum Gasteiger partial charge on any atom is -0.340 e. The molecular weight excluding hydrogens is 288 g/mol. The van der Waals surface area contributed by atoms with E-state index in [0.29, 0.717) is 5.69 Å². The highest BCUT2D eigenvalue weighted by Gasteiger charge is 2.24. The molecule has 0 bridgehead atoms. The van der Waals surface area contributed by atoms with E-state index in [4.69, 9.17) is 0 Å². The number of aromatic nitrogens is 3. The average Bonchev–Trinajstić information content (AvgIpc) is 3.03. The lowest BCUT2D eigenvalue weighted by Gasteiger charge is -2.22. The van der Waals surface area contributed by atoms with E-state index in [0.717, 1.165) is 23.3 Å². The fourth-order valence-corrected chi connectivity index (χ4v) is 2.55. The minimum absolute atomic E-state index is 0.179. The SMILES string of the molecule is CC[C@H](C)[C@@H](NC(=O)c1ccccn1)c1nc2ccccc2[nH]1. The fourth-order valence-electron chi connectivity index (χ4n) is 2.55. The summed E-state index contributed by atoms with van der Waals surface area (Å²) in [5.41, 5.74) is 2.29. The topological polar surface area (TPSA) is 70.7 Å². The molecule has 5 heteroatoms. The molecule has 0 aliphatic rings. The third kappa shape index (κ3) is 3.23. The van der Waals surface area contributed by atoms with Crippen LogP contribution in [0.4, 0.5) is 0 Å². The molecule has 3 rings (SSSR count). The summed E-state index contributed by atoms with van der Waals surface area (Å²) in [6.07, 6.45) is 2.55. The second kappa shape index (κ2) is 6.60. The number of rotatable bonds is 5. The van der Waals surface area contributed by atoms with Crippen LogP contribution >= 0.6 is 0 Å². The predicted molar refractivity (Wildman–Crippen MR) is 90.0 cm³/mol. The van der Waals surface area contributed by atoms with E-state index in [1.807, 2.05) is 24.3 Å². The molecule has 0 saturated carbocycles. The van der Waals surface area contributed by atoms with Crippen molar-refractivity contribution in [1.82, 2.24) is 20.3 Å². The Morgan fingerprint density at radius 3 is 2.70 bits per heavy atom. The molecule has 0 aliphatic heterocycles. The summed E-state index contributed by atoms with van der Waals surface area (Å²) in [6.45, 7) is 4.21. The largest absolute Gasteiger partial charge is 0.340 e. The molecule has 2 aromatic heterocycles. The summed E-state index contributed by atoms with van der Waals surface area (Å²) in [6, 6.07) is 13.0. The van der Waals surface area contributed by atoms with E-state index < -0.39 is 0 Å². The van der Waals surface area contributed by atoms with Gasteiger partial charge in [0, 0.05) is 6.20 Å². The zero-order valence-corrected chi connectivity index (χ0v) is 13.3. The monoisotopic (exact) mass is 308 g/mol. The lowest BCUT2D eigenvalue weighted by Crippen LogP contribution is -2.33. The van der Waals surface area contributed by atoms with Crippen molar-refractivity contribution < 1.29 is 4.79 Å². The molecule has 0 spiro atoms. The summed E-state index contributed by atoms with van der Waals surface area (Å²) in [7, 11) is 0. The quantitative estimate of drug-likeness (QED) is 0.758. The summed E-state index contributed by atoms with van der Waals surface area (Å²) < 4.78 is 0. The molecule has 2 heterocycles. The first-order valence-corrected chi connectivity index (χ1v) is 7.85. The summed E-state index contributed by atoms with van der Waals surface area (Å²) in [4.78, 5) is 24.5. The molecule has 2 atom stereocenters. The summed E-state index contributed by atoms with van der Waals surface area (Å²) in [5, 5.41) is 3.07. The number of fused-ring (bicyclic) bond motifs is 1. The van der Waals surface area contributed by atoms with Crippen LogP contribution in [0.3, 0.4) is 0 Å². The number of aromatic amines is 1. The normalized spacial score (nSPS) is 13.7. The van der Waals surface area contributed by atoms with E-state index in [1.54, 1.807) is 24.4 Å². The van der Waals surface area contributed by atoms with Crippen molar-refractivity contribution in [2.45, 2.75) is 26.3 Å². The molecule has 0 unspecified atom stereocenters. The fraction of sp³-hybridized carbons (Fsp3) is 0.278. The number of H-pyrrole nitrogens is 1. The van der Waals surface area contributed by atoms with Gasteiger partial charge in [-0.3, -0.25) is 9.78 Å². The third-order valence-electron chi connectivity index (χ3n) is 4.10.